The minimum absolute atomic E-state index is 0.0285. The monoisotopic (exact) mass is 389 g/mol. The van der Waals surface area contributed by atoms with Crippen LogP contribution in [0.1, 0.15) is 65.3 Å². The zero-order chi connectivity index (χ0) is 19.9. The van der Waals surface area contributed by atoms with Crippen molar-refractivity contribution in [2.75, 3.05) is 6.61 Å². The Morgan fingerprint density at radius 2 is 1.66 bits per heavy atom. The molecule has 1 saturated heterocycles. The van der Waals surface area contributed by atoms with E-state index in [0.717, 1.165) is 11.1 Å². The van der Waals surface area contributed by atoms with Crippen molar-refractivity contribution in [3.8, 4) is 0 Å². The van der Waals surface area contributed by atoms with Crippen LogP contribution < -0.4 is 0 Å². The molecule has 148 valence electrons. The summed E-state index contributed by atoms with van der Waals surface area (Å²) in [5, 5.41) is 2.42. The number of hydrogen-bond acceptors (Lipinski definition) is 4. The highest BCUT2D eigenvalue weighted by molar-refractivity contribution is 5.92. The molecule has 2 bridgehead atoms. The minimum atomic E-state index is -0.648. The fraction of sp³-hybridized carbons (Fsp3) is 0.375. The van der Waals surface area contributed by atoms with Crippen LogP contribution in [-0.4, -0.2) is 35.6 Å². The molecule has 1 aliphatic heterocycles. The molecule has 1 fully saturated rings. The number of hydrogen-bond donors (Lipinski definition) is 1. The summed E-state index contributed by atoms with van der Waals surface area (Å²) < 4.78 is 18.1. The van der Waals surface area contributed by atoms with Crippen molar-refractivity contribution in [2.24, 2.45) is 0 Å². The molecular formula is C24H23NO4. The number of carbonyl (C=O) groups excluding carboxylic acids is 1. The van der Waals surface area contributed by atoms with Gasteiger partial charge in [0.25, 0.3) is 0 Å². The van der Waals surface area contributed by atoms with E-state index < -0.39 is 5.79 Å². The fourth-order valence-electron chi connectivity index (χ4n) is 5.58. The molecule has 7 rings (SSSR count). The average molecular weight is 389 g/mol. The first kappa shape index (κ1) is 17.2. The number of ether oxygens (including phenoxy) is 3. The van der Waals surface area contributed by atoms with Gasteiger partial charge in [-0.3, -0.25) is 0 Å². The van der Waals surface area contributed by atoms with Crippen LogP contribution in [0, 0.1) is 0 Å². The largest absolute Gasteiger partial charge is 0.461 e. The standard InChI is InChI=1S/C24H23NO4/c1-4-27-23(26)20-18-16(11-25-20)17-14-9-12-7-5-6-8-13(12)10-15(14)19(18)22-21(17)28-24(2,3)29-22/h5-11,17,19,21-22,25H,4H2,1-3H3. The Hall–Kier alpha value is -2.63. The van der Waals surface area contributed by atoms with E-state index in [1.165, 1.54) is 21.9 Å². The van der Waals surface area contributed by atoms with Gasteiger partial charge in [-0.2, -0.15) is 0 Å². The lowest BCUT2D eigenvalue weighted by Gasteiger charge is -2.45. The van der Waals surface area contributed by atoms with Crippen LogP contribution in [0.2, 0.25) is 0 Å². The van der Waals surface area contributed by atoms with E-state index in [-0.39, 0.29) is 30.0 Å². The predicted octanol–water partition coefficient (Wildman–Crippen LogP) is 4.46. The number of fused-ring (bicyclic) bond motifs is 1. The second-order valence-electron chi connectivity index (χ2n) is 8.60. The number of aromatic amines is 1. The highest BCUT2D eigenvalue weighted by Crippen LogP contribution is 2.59. The molecule has 3 aromatic rings. The maximum Gasteiger partial charge on any atom is 0.355 e. The third-order valence-electron chi connectivity index (χ3n) is 6.52. The Morgan fingerprint density at radius 3 is 2.31 bits per heavy atom. The van der Waals surface area contributed by atoms with E-state index in [1.807, 2.05) is 27.0 Å². The molecule has 5 heteroatoms. The molecule has 0 saturated carbocycles. The maximum atomic E-state index is 12.7. The van der Waals surface area contributed by atoms with Gasteiger partial charge in [0.05, 0.1) is 18.8 Å². The fourth-order valence-corrected chi connectivity index (χ4v) is 5.58. The number of benzene rings is 2. The number of nitrogens with one attached hydrogen (secondary N) is 1. The van der Waals surface area contributed by atoms with Gasteiger partial charge in [-0.15, -0.1) is 0 Å². The normalized spacial score (nSPS) is 28.1. The zero-order valence-corrected chi connectivity index (χ0v) is 16.7. The number of aromatic nitrogens is 1. The van der Waals surface area contributed by atoms with Gasteiger partial charge in [0.15, 0.2) is 5.79 Å². The van der Waals surface area contributed by atoms with Crippen LogP contribution in [-0.2, 0) is 14.2 Å². The molecule has 3 aliphatic carbocycles. The summed E-state index contributed by atoms with van der Waals surface area (Å²) in [6.45, 7) is 6.11. The van der Waals surface area contributed by atoms with Crippen molar-refractivity contribution >= 4 is 16.7 Å². The van der Waals surface area contributed by atoms with E-state index in [2.05, 4.69) is 41.4 Å². The van der Waals surface area contributed by atoms with E-state index in [4.69, 9.17) is 14.2 Å². The molecule has 0 amide bonds. The first-order chi connectivity index (χ1) is 14.0. The molecule has 2 heterocycles. The van der Waals surface area contributed by atoms with Gasteiger partial charge < -0.3 is 19.2 Å². The SMILES string of the molecule is CCOC(=O)c1[nH]cc2c1C1c3cc4ccccc4cc3C2C2OC(C)(C)OC12. The molecular weight excluding hydrogens is 366 g/mol. The highest BCUT2D eigenvalue weighted by atomic mass is 16.8. The molecule has 29 heavy (non-hydrogen) atoms. The van der Waals surface area contributed by atoms with Gasteiger partial charge in [0.1, 0.15) is 5.69 Å². The summed E-state index contributed by atoms with van der Waals surface area (Å²) >= 11 is 0. The van der Waals surface area contributed by atoms with Crippen molar-refractivity contribution in [3.05, 3.63) is 70.5 Å². The third-order valence-corrected chi connectivity index (χ3v) is 6.52. The van der Waals surface area contributed by atoms with Crippen LogP contribution in [0.5, 0.6) is 0 Å². The predicted molar refractivity (Wildman–Crippen MR) is 108 cm³/mol. The van der Waals surface area contributed by atoms with Gasteiger partial charge in [-0.25, -0.2) is 4.79 Å². The van der Waals surface area contributed by atoms with Crippen LogP contribution in [0.4, 0.5) is 0 Å². The van der Waals surface area contributed by atoms with Crippen molar-refractivity contribution in [1.29, 1.82) is 0 Å². The van der Waals surface area contributed by atoms with Gasteiger partial charge >= 0.3 is 5.97 Å². The molecule has 2 aromatic carbocycles. The second-order valence-corrected chi connectivity index (χ2v) is 8.60. The average Bonchev–Trinajstić information content (AvgIpc) is 3.26. The van der Waals surface area contributed by atoms with E-state index in [9.17, 15) is 4.79 Å². The Morgan fingerprint density at radius 1 is 1.03 bits per heavy atom. The van der Waals surface area contributed by atoms with Crippen molar-refractivity contribution in [2.45, 2.75) is 50.6 Å². The number of carbonyl (C=O) groups is 1. The zero-order valence-electron chi connectivity index (χ0n) is 16.7. The van der Waals surface area contributed by atoms with Crippen LogP contribution in [0.3, 0.4) is 0 Å². The Kier molecular flexibility index (Phi) is 3.40. The lowest BCUT2D eigenvalue weighted by atomic mass is 9.61. The molecule has 4 atom stereocenters. The summed E-state index contributed by atoms with van der Waals surface area (Å²) in [6, 6.07) is 13.0. The molecule has 1 aromatic heterocycles. The molecule has 4 unspecified atom stereocenters. The number of H-pyrrole nitrogens is 1. The summed E-state index contributed by atoms with van der Waals surface area (Å²) in [5.41, 5.74) is 5.19. The molecule has 1 N–H and O–H groups in total. The summed E-state index contributed by atoms with van der Waals surface area (Å²) in [4.78, 5) is 15.9. The lowest BCUT2D eigenvalue weighted by Crippen LogP contribution is -2.45. The molecule has 0 spiro atoms. The minimum Gasteiger partial charge on any atom is -0.461 e. The van der Waals surface area contributed by atoms with Crippen molar-refractivity contribution in [3.63, 3.8) is 0 Å². The quantitative estimate of drug-likeness (QED) is 0.658. The van der Waals surface area contributed by atoms with E-state index in [0.29, 0.717) is 12.3 Å². The van der Waals surface area contributed by atoms with Crippen LogP contribution in [0.25, 0.3) is 10.8 Å². The Balaban J connectivity index is 1.61. The first-order valence-electron chi connectivity index (χ1n) is 10.2. The first-order valence-corrected chi connectivity index (χ1v) is 10.2. The lowest BCUT2D eigenvalue weighted by molar-refractivity contribution is -0.146. The van der Waals surface area contributed by atoms with Crippen molar-refractivity contribution in [1.82, 2.24) is 4.98 Å². The number of esters is 1. The third kappa shape index (κ3) is 2.26. The van der Waals surface area contributed by atoms with Gasteiger partial charge in [0, 0.05) is 18.0 Å². The second kappa shape index (κ2) is 5.71. The smallest absolute Gasteiger partial charge is 0.355 e. The Labute approximate surface area is 169 Å². The Bertz CT molecular complexity index is 1160. The molecule has 0 radical (unpaired) electrons. The van der Waals surface area contributed by atoms with Crippen LogP contribution >= 0.6 is 0 Å². The van der Waals surface area contributed by atoms with E-state index in [1.54, 1.807) is 0 Å². The van der Waals surface area contributed by atoms with E-state index >= 15 is 0 Å². The molecule has 4 aliphatic rings. The molecule has 5 nitrogen and oxygen atoms in total. The highest BCUT2D eigenvalue weighted by Gasteiger charge is 2.59. The van der Waals surface area contributed by atoms with Crippen LogP contribution in [0.15, 0.2) is 42.6 Å². The summed E-state index contributed by atoms with van der Waals surface area (Å²) in [7, 11) is 0. The number of rotatable bonds is 2. The van der Waals surface area contributed by atoms with Gasteiger partial charge in [0.2, 0.25) is 0 Å². The summed E-state index contributed by atoms with van der Waals surface area (Å²) in [5.74, 6) is -0.990. The topological polar surface area (TPSA) is 60.6 Å². The van der Waals surface area contributed by atoms with Gasteiger partial charge in [-0.1, -0.05) is 36.4 Å². The summed E-state index contributed by atoms with van der Waals surface area (Å²) in [6.07, 6.45) is 1.77. The maximum absolute atomic E-state index is 12.7. The van der Waals surface area contributed by atoms with Crippen molar-refractivity contribution < 1.29 is 19.0 Å². The van der Waals surface area contributed by atoms with Gasteiger partial charge in [-0.05, 0) is 53.8 Å².